The third-order valence-electron chi connectivity index (χ3n) is 5.88. The van der Waals surface area contributed by atoms with E-state index in [2.05, 4.69) is 20.7 Å². The second-order valence-corrected chi connectivity index (χ2v) is 10.3. The van der Waals surface area contributed by atoms with Crippen molar-refractivity contribution in [3.05, 3.63) is 107 Å². The molecule has 12 heteroatoms. The number of nitrogens with zero attached hydrogens (tertiary/aromatic N) is 2. The van der Waals surface area contributed by atoms with Crippen molar-refractivity contribution in [2.75, 3.05) is 11.8 Å². The molecule has 40 heavy (non-hydrogen) atoms. The zero-order chi connectivity index (χ0) is 28.9. The summed E-state index contributed by atoms with van der Waals surface area (Å²) in [7, 11) is -2.61. The molecule has 2 amide bonds. The van der Waals surface area contributed by atoms with Crippen molar-refractivity contribution in [2.45, 2.75) is 18.7 Å². The van der Waals surface area contributed by atoms with Gasteiger partial charge in [-0.3, -0.25) is 25.2 Å². The van der Waals surface area contributed by atoms with Gasteiger partial charge in [-0.05, 0) is 74.5 Å². The van der Waals surface area contributed by atoms with Gasteiger partial charge in [0.2, 0.25) is 0 Å². The number of nitrogens with one attached hydrogen (secondary N) is 3. The number of anilines is 1. The minimum atomic E-state index is -4.04. The van der Waals surface area contributed by atoms with Gasteiger partial charge in [0.05, 0.1) is 29.1 Å². The van der Waals surface area contributed by atoms with Crippen molar-refractivity contribution >= 4 is 33.6 Å². The van der Waals surface area contributed by atoms with Crippen LogP contribution in [-0.4, -0.2) is 37.1 Å². The highest BCUT2D eigenvalue weighted by Crippen LogP contribution is 2.26. The maximum atomic E-state index is 13.3. The van der Waals surface area contributed by atoms with Gasteiger partial charge < -0.3 is 4.74 Å². The van der Waals surface area contributed by atoms with Crippen LogP contribution in [0.15, 0.2) is 83.8 Å². The lowest BCUT2D eigenvalue weighted by Gasteiger charge is -2.12. The van der Waals surface area contributed by atoms with E-state index in [1.807, 2.05) is 6.92 Å². The van der Waals surface area contributed by atoms with E-state index in [-0.39, 0.29) is 22.0 Å². The largest absolute Gasteiger partial charge is 0.495 e. The fourth-order valence-electron chi connectivity index (χ4n) is 3.86. The molecular formula is C28H26FN5O5S. The Hall–Kier alpha value is -4.97. The van der Waals surface area contributed by atoms with E-state index in [1.54, 1.807) is 54.1 Å². The molecule has 0 spiro atoms. The van der Waals surface area contributed by atoms with E-state index >= 15 is 0 Å². The highest BCUT2D eigenvalue weighted by atomic mass is 32.2. The summed E-state index contributed by atoms with van der Waals surface area (Å²) in [4.78, 5) is 24.9. The van der Waals surface area contributed by atoms with E-state index in [4.69, 9.17) is 4.74 Å². The molecule has 0 saturated carbocycles. The Bertz CT molecular complexity index is 1700. The summed E-state index contributed by atoms with van der Waals surface area (Å²) in [5.41, 5.74) is 7.53. The molecule has 0 unspecified atom stereocenters. The summed E-state index contributed by atoms with van der Waals surface area (Å²) in [5.74, 6) is -1.36. The maximum absolute atomic E-state index is 13.3. The molecule has 0 radical (unpaired) electrons. The molecule has 0 atom stereocenters. The normalized spacial score (nSPS) is 11.3. The van der Waals surface area contributed by atoms with Crippen LogP contribution in [0.4, 0.5) is 10.1 Å². The average molecular weight is 564 g/mol. The average Bonchev–Trinajstić information content (AvgIpc) is 3.23. The lowest BCUT2D eigenvalue weighted by atomic mass is 10.2. The molecule has 1 aromatic heterocycles. The molecule has 3 N–H and O–H groups in total. The fourth-order valence-corrected chi connectivity index (χ4v) is 4.97. The number of ether oxygens (including phenoxy) is 1. The monoisotopic (exact) mass is 563 g/mol. The topological polar surface area (TPSA) is 131 Å². The summed E-state index contributed by atoms with van der Waals surface area (Å²) in [6.07, 6.45) is 2.78. The van der Waals surface area contributed by atoms with Crippen molar-refractivity contribution < 1.29 is 27.1 Å². The number of hydrazine groups is 1. The van der Waals surface area contributed by atoms with Crippen LogP contribution in [-0.2, 0) is 14.8 Å². The number of carbonyl (C=O) groups is 2. The standard InChI is InChI=1S/C28H26FN5O5S/c1-18-24(19(2)34(32-18)22-13-11-21(29)12-14-22)15-16-27(35)30-31-28(36)20-7-6-8-23(17-20)40(37,38)33-25-9-4-5-10-26(25)39-3/h4-17,33H,1-3H3,(H,30,35)(H,31,36). The zero-order valence-corrected chi connectivity index (χ0v) is 22.6. The Morgan fingerprint density at radius 2 is 1.70 bits per heavy atom. The Morgan fingerprint density at radius 3 is 2.42 bits per heavy atom. The number of aromatic nitrogens is 2. The number of rotatable bonds is 8. The number of sulfonamides is 1. The predicted octanol–water partition coefficient (Wildman–Crippen LogP) is 3.91. The molecule has 0 aliphatic heterocycles. The third-order valence-corrected chi connectivity index (χ3v) is 7.24. The number of methoxy groups -OCH3 is 1. The lowest BCUT2D eigenvalue weighted by Crippen LogP contribution is -2.40. The summed E-state index contributed by atoms with van der Waals surface area (Å²) in [6.45, 7) is 3.59. The quantitative estimate of drug-likeness (QED) is 0.220. The van der Waals surface area contributed by atoms with Gasteiger partial charge in [0.25, 0.3) is 21.8 Å². The highest BCUT2D eigenvalue weighted by Gasteiger charge is 2.18. The van der Waals surface area contributed by atoms with Crippen molar-refractivity contribution in [3.8, 4) is 11.4 Å². The third kappa shape index (κ3) is 6.35. The van der Waals surface area contributed by atoms with Crippen molar-refractivity contribution in [2.24, 2.45) is 0 Å². The van der Waals surface area contributed by atoms with Gasteiger partial charge in [-0.2, -0.15) is 5.10 Å². The molecule has 0 aliphatic carbocycles. The first kappa shape index (κ1) is 28.0. The Labute approximate surface area is 230 Å². The number of carbonyl (C=O) groups excluding carboxylic acids is 2. The number of amides is 2. The maximum Gasteiger partial charge on any atom is 0.269 e. The van der Waals surface area contributed by atoms with E-state index in [1.165, 1.54) is 49.6 Å². The van der Waals surface area contributed by atoms with Gasteiger partial charge in [-0.1, -0.05) is 18.2 Å². The second-order valence-electron chi connectivity index (χ2n) is 8.58. The summed E-state index contributed by atoms with van der Waals surface area (Å²) < 4.78 is 48.3. The summed E-state index contributed by atoms with van der Waals surface area (Å²) in [6, 6.07) is 17.7. The number of hydrogen-bond donors (Lipinski definition) is 3. The molecule has 4 rings (SSSR count). The molecule has 4 aromatic rings. The molecular weight excluding hydrogens is 537 g/mol. The van der Waals surface area contributed by atoms with Crippen molar-refractivity contribution in [1.82, 2.24) is 20.6 Å². The minimum Gasteiger partial charge on any atom is -0.495 e. The van der Waals surface area contributed by atoms with Crippen molar-refractivity contribution in [3.63, 3.8) is 0 Å². The van der Waals surface area contributed by atoms with Gasteiger partial charge >= 0.3 is 0 Å². The number of aryl methyl sites for hydroxylation is 1. The van der Waals surface area contributed by atoms with Crippen LogP contribution in [0.2, 0.25) is 0 Å². The SMILES string of the molecule is COc1ccccc1NS(=O)(=O)c1cccc(C(=O)NNC(=O)C=Cc2c(C)nn(-c3ccc(F)cc3)c2C)c1. The smallest absolute Gasteiger partial charge is 0.269 e. The molecule has 0 aliphatic rings. The molecule has 0 saturated heterocycles. The van der Waals surface area contributed by atoms with Gasteiger partial charge in [0, 0.05) is 22.9 Å². The molecule has 10 nitrogen and oxygen atoms in total. The van der Waals surface area contributed by atoms with E-state index in [0.29, 0.717) is 22.7 Å². The number of para-hydroxylation sites is 2. The number of halogens is 1. The molecule has 1 heterocycles. The van der Waals surface area contributed by atoms with Gasteiger partial charge in [-0.25, -0.2) is 17.5 Å². The van der Waals surface area contributed by atoms with Crippen LogP contribution >= 0.6 is 0 Å². The minimum absolute atomic E-state index is 0.0134. The van der Waals surface area contributed by atoms with Crippen LogP contribution in [0.3, 0.4) is 0 Å². The fraction of sp³-hybridized carbons (Fsp3) is 0.107. The van der Waals surface area contributed by atoms with Crippen LogP contribution in [0.1, 0.15) is 27.3 Å². The Morgan fingerprint density at radius 1 is 0.975 bits per heavy atom. The van der Waals surface area contributed by atoms with E-state index in [9.17, 15) is 22.4 Å². The highest BCUT2D eigenvalue weighted by molar-refractivity contribution is 7.92. The van der Waals surface area contributed by atoms with Gasteiger partial charge in [-0.15, -0.1) is 0 Å². The molecule has 0 bridgehead atoms. The Kier molecular flexibility index (Phi) is 8.29. The number of benzene rings is 3. The van der Waals surface area contributed by atoms with Crippen molar-refractivity contribution in [1.29, 1.82) is 0 Å². The first-order valence-electron chi connectivity index (χ1n) is 12.0. The predicted molar refractivity (Wildman–Crippen MR) is 148 cm³/mol. The van der Waals surface area contributed by atoms with Crippen LogP contribution in [0.5, 0.6) is 5.75 Å². The first-order valence-corrected chi connectivity index (χ1v) is 13.4. The summed E-state index contributed by atoms with van der Waals surface area (Å²) in [5, 5.41) is 4.45. The van der Waals surface area contributed by atoms with E-state index in [0.717, 1.165) is 5.69 Å². The zero-order valence-electron chi connectivity index (χ0n) is 21.8. The lowest BCUT2D eigenvalue weighted by molar-refractivity contribution is -0.117. The number of hydrogen-bond acceptors (Lipinski definition) is 6. The molecule has 206 valence electrons. The Balaban J connectivity index is 1.41. The van der Waals surface area contributed by atoms with Crippen LogP contribution < -0.4 is 20.3 Å². The second kappa shape index (κ2) is 11.8. The summed E-state index contributed by atoms with van der Waals surface area (Å²) >= 11 is 0. The van der Waals surface area contributed by atoms with Crippen LogP contribution in [0, 0.1) is 19.7 Å². The van der Waals surface area contributed by atoms with Crippen LogP contribution in [0.25, 0.3) is 11.8 Å². The first-order chi connectivity index (χ1) is 19.1. The molecule has 3 aromatic carbocycles. The van der Waals surface area contributed by atoms with Gasteiger partial charge in [0.1, 0.15) is 11.6 Å². The van der Waals surface area contributed by atoms with Gasteiger partial charge in [0.15, 0.2) is 0 Å². The molecule has 0 fully saturated rings. The van der Waals surface area contributed by atoms with E-state index < -0.39 is 21.8 Å².